The molecule has 1 atom stereocenters. The molecule has 5 nitrogen and oxygen atoms in total. The molecule has 2 N–H and O–H groups in total. The second-order valence-electron chi connectivity index (χ2n) is 2.55. The van der Waals surface area contributed by atoms with E-state index in [-0.39, 0.29) is 18.8 Å². The summed E-state index contributed by atoms with van der Waals surface area (Å²) in [5.41, 5.74) is 5.48. The van der Waals surface area contributed by atoms with Crippen LogP contribution < -0.4 is 5.73 Å². The summed E-state index contributed by atoms with van der Waals surface area (Å²) in [5, 5.41) is 0. The number of rotatable bonds is 5. The summed E-state index contributed by atoms with van der Waals surface area (Å²) < 4.78 is 9.05. The van der Waals surface area contributed by atoms with Crippen molar-refractivity contribution in [2.24, 2.45) is 5.73 Å². The molecule has 0 fully saturated rings. The van der Waals surface area contributed by atoms with Gasteiger partial charge in [-0.1, -0.05) is 0 Å². The highest BCUT2D eigenvalue weighted by Gasteiger charge is 2.14. The standard InChI is InChI=1S/C8H15NO4/c1-3-13-8(11)5-6(9)4-7(10)12-2/h6H,3-5,9H2,1-2H3. The number of hydrogen-bond donors (Lipinski definition) is 1. The van der Waals surface area contributed by atoms with Crippen LogP contribution in [0.1, 0.15) is 19.8 Å². The monoisotopic (exact) mass is 189 g/mol. The molecular weight excluding hydrogens is 174 g/mol. The fourth-order valence-electron chi connectivity index (χ4n) is 0.804. The lowest BCUT2D eigenvalue weighted by Crippen LogP contribution is -2.28. The molecule has 0 saturated carbocycles. The number of esters is 2. The Labute approximate surface area is 77.2 Å². The molecule has 5 heteroatoms. The minimum absolute atomic E-state index is 0.0370. The number of nitrogens with two attached hydrogens (primary N) is 1. The molecule has 0 aliphatic carbocycles. The van der Waals surface area contributed by atoms with E-state index in [0.717, 1.165) is 0 Å². The zero-order chi connectivity index (χ0) is 10.3. The number of ether oxygens (including phenoxy) is 2. The Morgan fingerprint density at radius 3 is 2.31 bits per heavy atom. The van der Waals surface area contributed by atoms with Crippen LogP contribution >= 0.6 is 0 Å². The van der Waals surface area contributed by atoms with Crippen LogP contribution in [-0.2, 0) is 19.1 Å². The molecule has 0 bridgehead atoms. The highest BCUT2D eigenvalue weighted by atomic mass is 16.5. The van der Waals surface area contributed by atoms with Gasteiger partial charge in [0.25, 0.3) is 0 Å². The van der Waals surface area contributed by atoms with Gasteiger partial charge in [-0.15, -0.1) is 0 Å². The maximum Gasteiger partial charge on any atom is 0.307 e. The van der Waals surface area contributed by atoms with Gasteiger partial charge in [-0.3, -0.25) is 9.59 Å². The van der Waals surface area contributed by atoms with E-state index in [2.05, 4.69) is 9.47 Å². The highest BCUT2D eigenvalue weighted by molar-refractivity contribution is 5.73. The molecule has 0 aromatic rings. The second-order valence-corrected chi connectivity index (χ2v) is 2.55. The molecule has 76 valence electrons. The minimum atomic E-state index is -0.522. The Balaban J connectivity index is 3.67. The summed E-state index contributed by atoms with van der Waals surface area (Å²) in [6.07, 6.45) is 0.0816. The van der Waals surface area contributed by atoms with E-state index in [9.17, 15) is 9.59 Å². The van der Waals surface area contributed by atoms with Crippen LogP contribution in [0.4, 0.5) is 0 Å². The number of carbonyl (C=O) groups excluding carboxylic acids is 2. The Bertz CT molecular complexity index is 181. The van der Waals surface area contributed by atoms with Crippen molar-refractivity contribution in [1.82, 2.24) is 0 Å². The largest absolute Gasteiger partial charge is 0.469 e. The first-order valence-electron chi connectivity index (χ1n) is 4.08. The maximum atomic E-state index is 10.9. The summed E-state index contributed by atoms with van der Waals surface area (Å²) in [6.45, 7) is 2.04. The van der Waals surface area contributed by atoms with Gasteiger partial charge in [0, 0.05) is 6.04 Å². The predicted molar refractivity (Wildman–Crippen MR) is 45.9 cm³/mol. The first-order valence-corrected chi connectivity index (χ1v) is 4.08. The number of carbonyl (C=O) groups is 2. The quantitative estimate of drug-likeness (QED) is 0.607. The van der Waals surface area contributed by atoms with Gasteiger partial charge in [-0.2, -0.15) is 0 Å². The molecule has 0 spiro atoms. The van der Waals surface area contributed by atoms with Crippen LogP contribution in [-0.4, -0.2) is 31.7 Å². The molecule has 0 radical (unpaired) electrons. The molecule has 13 heavy (non-hydrogen) atoms. The van der Waals surface area contributed by atoms with E-state index in [1.165, 1.54) is 7.11 Å². The molecule has 0 aliphatic rings. The van der Waals surface area contributed by atoms with Crippen molar-refractivity contribution >= 4 is 11.9 Å². The summed E-state index contributed by atoms with van der Waals surface area (Å²) in [7, 11) is 1.28. The van der Waals surface area contributed by atoms with E-state index < -0.39 is 12.0 Å². The summed E-state index contributed by atoms with van der Waals surface area (Å²) in [4.78, 5) is 21.6. The summed E-state index contributed by atoms with van der Waals surface area (Å²) >= 11 is 0. The third kappa shape index (κ3) is 6.10. The van der Waals surface area contributed by atoms with Crippen LogP contribution in [0.2, 0.25) is 0 Å². The molecule has 0 heterocycles. The first kappa shape index (κ1) is 11.9. The highest BCUT2D eigenvalue weighted by Crippen LogP contribution is 1.98. The van der Waals surface area contributed by atoms with E-state index in [1.807, 2.05) is 0 Å². The van der Waals surface area contributed by atoms with E-state index in [0.29, 0.717) is 6.61 Å². The molecular formula is C8H15NO4. The molecule has 0 rings (SSSR count). The van der Waals surface area contributed by atoms with Gasteiger partial charge in [0.15, 0.2) is 0 Å². The average molecular weight is 189 g/mol. The Morgan fingerprint density at radius 1 is 1.31 bits per heavy atom. The number of hydrogen-bond acceptors (Lipinski definition) is 5. The van der Waals surface area contributed by atoms with Gasteiger partial charge in [0.05, 0.1) is 26.6 Å². The molecule has 0 aromatic carbocycles. The van der Waals surface area contributed by atoms with Crippen LogP contribution in [0.15, 0.2) is 0 Å². The lowest BCUT2D eigenvalue weighted by molar-refractivity contribution is -0.144. The number of methoxy groups -OCH3 is 1. The van der Waals surface area contributed by atoms with Crippen molar-refractivity contribution < 1.29 is 19.1 Å². The van der Waals surface area contributed by atoms with Crippen LogP contribution in [0.3, 0.4) is 0 Å². The Kier molecular flexibility index (Phi) is 5.88. The van der Waals surface area contributed by atoms with Crippen LogP contribution in [0.5, 0.6) is 0 Å². The zero-order valence-corrected chi connectivity index (χ0v) is 7.91. The van der Waals surface area contributed by atoms with Gasteiger partial charge in [0.1, 0.15) is 0 Å². The average Bonchev–Trinajstić information content (AvgIpc) is 2.04. The van der Waals surface area contributed by atoms with Crippen LogP contribution in [0.25, 0.3) is 0 Å². The van der Waals surface area contributed by atoms with Crippen molar-refractivity contribution in [3.63, 3.8) is 0 Å². The van der Waals surface area contributed by atoms with E-state index >= 15 is 0 Å². The predicted octanol–water partition coefficient (Wildman–Crippen LogP) is -0.170. The van der Waals surface area contributed by atoms with Gasteiger partial charge in [-0.25, -0.2) is 0 Å². The minimum Gasteiger partial charge on any atom is -0.469 e. The Hall–Kier alpha value is -1.10. The smallest absolute Gasteiger partial charge is 0.307 e. The summed E-state index contributed by atoms with van der Waals surface area (Å²) in [6, 6.07) is -0.522. The maximum absolute atomic E-state index is 10.9. The van der Waals surface area contributed by atoms with Crippen molar-refractivity contribution in [2.75, 3.05) is 13.7 Å². The Morgan fingerprint density at radius 2 is 1.85 bits per heavy atom. The second kappa shape index (κ2) is 6.42. The molecule has 0 aromatic heterocycles. The molecule has 0 aliphatic heterocycles. The van der Waals surface area contributed by atoms with Gasteiger partial charge >= 0.3 is 11.9 Å². The normalized spacial score (nSPS) is 11.9. The van der Waals surface area contributed by atoms with E-state index in [4.69, 9.17) is 5.73 Å². The zero-order valence-electron chi connectivity index (χ0n) is 7.91. The van der Waals surface area contributed by atoms with Crippen molar-refractivity contribution in [2.45, 2.75) is 25.8 Å². The summed E-state index contributed by atoms with van der Waals surface area (Å²) in [5.74, 6) is -0.810. The molecule has 0 amide bonds. The van der Waals surface area contributed by atoms with Crippen molar-refractivity contribution in [1.29, 1.82) is 0 Å². The lowest BCUT2D eigenvalue weighted by atomic mass is 10.1. The van der Waals surface area contributed by atoms with Gasteiger partial charge in [-0.05, 0) is 6.92 Å². The third-order valence-corrected chi connectivity index (χ3v) is 1.39. The first-order chi connectivity index (χ1) is 6.10. The van der Waals surface area contributed by atoms with Gasteiger partial charge < -0.3 is 15.2 Å². The molecule has 0 saturated heterocycles. The third-order valence-electron chi connectivity index (χ3n) is 1.39. The van der Waals surface area contributed by atoms with Gasteiger partial charge in [0.2, 0.25) is 0 Å². The van der Waals surface area contributed by atoms with Crippen molar-refractivity contribution in [3.8, 4) is 0 Å². The fourth-order valence-corrected chi connectivity index (χ4v) is 0.804. The van der Waals surface area contributed by atoms with Crippen LogP contribution in [0, 0.1) is 0 Å². The van der Waals surface area contributed by atoms with E-state index in [1.54, 1.807) is 6.92 Å². The SMILES string of the molecule is CCOC(=O)CC(N)CC(=O)OC. The van der Waals surface area contributed by atoms with Crippen molar-refractivity contribution in [3.05, 3.63) is 0 Å². The lowest BCUT2D eigenvalue weighted by Gasteiger charge is -2.08. The fraction of sp³-hybridized carbons (Fsp3) is 0.750. The molecule has 1 unspecified atom stereocenters. The topological polar surface area (TPSA) is 78.6 Å².